The van der Waals surface area contributed by atoms with Crippen molar-refractivity contribution in [3.05, 3.63) is 30.1 Å². The smallest absolute Gasteiger partial charge is 0.237 e. The highest BCUT2D eigenvalue weighted by Crippen LogP contribution is 2.10. The third-order valence-electron chi connectivity index (χ3n) is 1.57. The Bertz CT molecular complexity index is 300. The molecule has 0 fully saturated rings. The van der Waals surface area contributed by atoms with Gasteiger partial charge in [-0.3, -0.25) is 10.2 Å². The molecular weight excluding hydrogens is 187 g/mol. The molecule has 3 N–H and O–H groups in total. The van der Waals surface area contributed by atoms with Gasteiger partial charge in [-0.15, -0.1) is 0 Å². The number of nitrogens with one attached hydrogen (secondary N) is 1. The van der Waals surface area contributed by atoms with E-state index in [1.165, 1.54) is 24.3 Å². The minimum absolute atomic E-state index is 0.174. The monoisotopic (exact) mass is 198 g/mol. The number of hydrogen-bond donors (Lipinski definition) is 2. The van der Waals surface area contributed by atoms with Gasteiger partial charge in [0.2, 0.25) is 5.91 Å². The summed E-state index contributed by atoms with van der Waals surface area (Å²) in [5.41, 5.74) is 1.98. The fourth-order valence-electron chi connectivity index (χ4n) is 0.865. The van der Waals surface area contributed by atoms with E-state index in [2.05, 4.69) is 0 Å². The number of hydrazine groups is 1. The molecule has 0 aliphatic rings. The maximum Gasteiger partial charge on any atom is 0.237 e. The van der Waals surface area contributed by atoms with E-state index in [1.807, 2.05) is 5.43 Å². The molecule has 0 atom stereocenters. The number of halogens is 1. The van der Waals surface area contributed by atoms with E-state index in [4.69, 9.17) is 10.6 Å². The third kappa shape index (κ3) is 3.40. The summed E-state index contributed by atoms with van der Waals surface area (Å²) < 4.78 is 17.6. The van der Waals surface area contributed by atoms with Crippen LogP contribution < -0.4 is 16.0 Å². The number of carbonyl (C=O) groups excluding carboxylic acids is 1. The minimum Gasteiger partial charge on any atom is -0.493 e. The van der Waals surface area contributed by atoms with E-state index in [0.717, 1.165) is 0 Å². The Morgan fingerprint density at radius 3 is 2.64 bits per heavy atom. The fraction of sp³-hybridized carbons (Fsp3) is 0.222. The maximum atomic E-state index is 12.5. The average molecular weight is 198 g/mol. The van der Waals surface area contributed by atoms with Gasteiger partial charge in [0.1, 0.15) is 11.6 Å². The van der Waals surface area contributed by atoms with E-state index < -0.39 is 0 Å². The van der Waals surface area contributed by atoms with Crippen LogP contribution >= 0.6 is 0 Å². The number of ether oxygens (including phenoxy) is 1. The molecule has 0 aliphatic carbocycles. The molecule has 0 unspecified atom stereocenters. The summed E-state index contributed by atoms with van der Waals surface area (Å²) in [5.74, 6) is 4.77. The SMILES string of the molecule is NNC(=O)CCOc1ccc(F)cc1. The lowest BCUT2D eigenvalue weighted by Gasteiger charge is -2.04. The summed E-state index contributed by atoms with van der Waals surface area (Å²) in [6, 6.07) is 5.57. The van der Waals surface area contributed by atoms with Crippen molar-refractivity contribution in [2.75, 3.05) is 6.61 Å². The Morgan fingerprint density at radius 1 is 1.43 bits per heavy atom. The van der Waals surface area contributed by atoms with Crippen molar-refractivity contribution in [1.29, 1.82) is 0 Å². The van der Waals surface area contributed by atoms with Crippen LogP contribution in [0.15, 0.2) is 24.3 Å². The average Bonchev–Trinajstić information content (AvgIpc) is 2.21. The summed E-state index contributed by atoms with van der Waals surface area (Å²) in [4.78, 5) is 10.7. The van der Waals surface area contributed by atoms with Gasteiger partial charge in [0.05, 0.1) is 13.0 Å². The van der Waals surface area contributed by atoms with Gasteiger partial charge in [0.15, 0.2) is 0 Å². The van der Waals surface area contributed by atoms with Gasteiger partial charge in [0.25, 0.3) is 0 Å². The Hall–Kier alpha value is -1.62. The molecule has 0 radical (unpaired) electrons. The van der Waals surface area contributed by atoms with Crippen LogP contribution in [0.4, 0.5) is 4.39 Å². The number of amides is 1. The number of hydrogen-bond acceptors (Lipinski definition) is 3. The largest absolute Gasteiger partial charge is 0.493 e. The number of rotatable bonds is 4. The van der Waals surface area contributed by atoms with Gasteiger partial charge in [-0.2, -0.15) is 0 Å². The molecule has 1 amide bonds. The van der Waals surface area contributed by atoms with Crippen molar-refractivity contribution in [2.24, 2.45) is 5.84 Å². The third-order valence-corrected chi connectivity index (χ3v) is 1.57. The molecule has 4 nitrogen and oxygen atoms in total. The number of carbonyl (C=O) groups is 1. The molecule has 0 bridgehead atoms. The first-order chi connectivity index (χ1) is 6.72. The van der Waals surface area contributed by atoms with Crippen LogP contribution in [0, 0.1) is 5.82 Å². The summed E-state index contributed by atoms with van der Waals surface area (Å²) in [6.07, 6.45) is 0.174. The maximum absolute atomic E-state index is 12.5. The van der Waals surface area contributed by atoms with Gasteiger partial charge in [0, 0.05) is 0 Å². The van der Waals surface area contributed by atoms with Crippen molar-refractivity contribution >= 4 is 5.91 Å². The summed E-state index contributed by atoms with van der Waals surface area (Å²) in [7, 11) is 0. The normalized spacial score (nSPS) is 9.57. The lowest BCUT2D eigenvalue weighted by molar-refractivity contribution is -0.121. The van der Waals surface area contributed by atoms with Crippen LogP contribution in [0.3, 0.4) is 0 Å². The van der Waals surface area contributed by atoms with Crippen molar-refractivity contribution in [3.8, 4) is 5.75 Å². The molecule has 0 saturated heterocycles. The molecule has 0 aromatic heterocycles. The van der Waals surface area contributed by atoms with Gasteiger partial charge in [-0.1, -0.05) is 0 Å². The fourth-order valence-corrected chi connectivity index (χ4v) is 0.865. The van der Waals surface area contributed by atoms with Crippen molar-refractivity contribution < 1.29 is 13.9 Å². The Morgan fingerprint density at radius 2 is 2.07 bits per heavy atom. The van der Waals surface area contributed by atoms with E-state index >= 15 is 0 Å². The first-order valence-corrected chi connectivity index (χ1v) is 4.10. The van der Waals surface area contributed by atoms with Gasteiger partial charge < -0.3 is 4.74 Å². The van der Waals surface area contributed by atoms with Gasteiger partial charge in [-0.05, 0) is 24.3 Å². The Labute approximate surface area is 80.8 Å². The van der Waals surface area contributed by atoms with Crippen molar-refractivity contribution in [1.82, 2.24) is 5.43 Å². The molecule has 0 aliphatic heterocycles. The predicted octanol–water partition coefficient (Wildman–Crippen LogP) is 0.584. The molecule has 1 aromatic rings. The zero-order valence-corrected chi connectivity index (χ0v) is 7.50. The topological polar surface area (TPSA) is 64.3 Å². The summed E-state index contributed by atoms with van der Waals surface area (Å²) in [5, 5.41) is 0. The second-order valence-electron chi connectivity index (χ2n) is 2.62. The zero-order valence-electron chi connectivity index (χ0n) is 7.50. The lowest BCUT2D eigenvalue weighted by Crippen LogP contribution is -2.31. The van der Waals surface area contributed by atoms with Gasteiger partial charge in [-0.25, -0.2) is 10.2 Å². The van der Waals surface area contributed by atoms with Gasteiger partial charge >= 0.3 is 0 Å². The first kappa shape index (κ1) is 10.5. The molecule has 14 heavy (non-hydrogen) atoms. The quantitative estimate of drug-likeness (QED) is 0.422. The minimum atomic E-state index is -0.322. The molecule has 1 rings (SSSR count). The molecule has 0 spiro atoms. The molecule has 0 heterocycles. The van der Waals surface area contributed by atoms with E-state index in [0.29, 0.717) is 5.75 Å². The molecule has 0 saturated carbocycles. The highest BCUT2D eigenvalue weighted by molar-refractivity contribution is 5.75. The predicted molar refractivity (Wildman–Crippen MR) is 48.8 cm³/mol. The number of nitrogens with two attached hydrogens (primary N) is 1. The highest BCUT2D eigenvalue weighted by atomic mass is 19.1. The Balaban J connectivity index is 2.31. The first-order valence-electron chi connectivity index (χ1n) is 4.10. The molecule has 5 heteroatoms. The van der Waals surface area contributed by atoms with Crippen LogP contribution in [0.5, 0.6) is 5.75 Å². The second kappa shape index (κ2) is 5.18. The van der Waals surface area contributed by atoms with E-state index in [1.54, 1.807) is 0 Å². The molecule has 1 aromatic carbocycles. The van der Waals surface area contributed by atoms with Crippen LogP contribution in [-0.2, 0) is 4.79 Å². The van der Waals surface area contributed by atoms with Crippen molar-refractivity contribution in [2.45, 2.75) is 6.42 Å². The van der Waals surface area contributed by atoms with Crippen LogP contribution in [-0.4, -0.2) is 12.5 Å². The standard InChI is InChI=1S/C9H11FN2O2/c10-7-1-3-8(4-2-7)14-6-5-9(13)12-11/h1-4H,5-6,11H2,(H,12,13). The summed E-state index contributed by atoms with van der Waals surface area (Å²) >= 11 is 0. The lowest BCUT2D eigenvalue weighted by atomic mass is 10.3. The molecule has 76 valence electrons. The van der Waals surface area contributed by atoms with E-state index in [9.17, 15) is 9.18 Å². The highest BCUT2D eigenvalue weighted by Gasteiger charge is 1.99. The summed E-state index contributed by atoms with van der Waals surface area (Å²) in [6.45, 7) is 0.217. The van der Waals surface area contributed by atoms with Crippen LogP contribution in [0.1, 0.15) is 6.42 Å². The van der Waals surface area contributed by atoms with Crippen molar-refractivity contribution in [3.63, 3.8) is 0 Å². The number of benzene rings is 1. The van der Waals surface area contributed by atoms with E-state index in [-0.39, 0.29) is 24.8 Å². The van der Waals surface area contributed by atoms with Crippen LogP contribution in [0.25, 0.3) is 0 Å². The molecular formula is C9H11FN2O2. The Kier molecular flexibility index (Phi) is 3.87. The second-order valence-corrected chi connectivity index (χ2v) is 2.62. The van der Waals surface area contributed by atoms with Crippen LogP contribution in [0.2, 0.25) is 0 Å². The zero-order chi connectivity index (χ0) is 10.4.